The van der Waals surface area contributed by atoms with Gasteiger partial charge in [0.2, 0.25) is 11.8 Å². The van der Waals surface area contributed by atoms with E-state index in [9.17, 15) is 9.59 Å². The van der Waals surface area contributed by atoms with Gasteiger partial charge in [-0.2, -0.15) is 0 Å². The molecule has 0 spiro atoms. The lowest BCUT2D eigenvalue weighted by molar-refractivity contribution is -0.124. The van der Waals surface area contributed by atoms with Crippen molar-refractivity contribution >= 4 is 11.8 Å². The topological polar surface area (TPSA) is 70.2 Å². The van der Waals surface area contributed by atoms with E-state index in [0.717, 1.165) is 0 Å². The van der Waals surface area contributed by atoms with Crippen LogP contribution in [0.5, 0.6) is 0 Å². The molecule has 0 aromatic rings. The molecule has 0 aromatic carbocycles. The van der Waals surface area contributed by atoms with Crippen LogP contribution in [0.3, 0.4) is 0 Å². The van der Waals surface area contributed by atoms with Crippen LogP contribution in [0.25, 0.3) is 0 Å². The molecule has 3 N–H and O–H groups in total. The Morgan fingerprint density at radius 3 is 1.95 bits per heavy atom. The van der Waals surface area contributed by atoms with Crippen LogP contribution in [-0.2, 0) is 9.59 Å². The monoisotopic (exact) mass is 271 g/mol. The van der Waals surface area contributed by atoms with Crippen LogP contribution in [0.2, 0.25) is 0 Å². The molecule has 0 aliphatic heterocycles. The van der Waals surface area contributed by atoms with E-state index in [1.165, 1.54) is 0 Å². The van der Waals surface area contributed by atoms with Gasteiger partial charge >= 0.3 is 0 Å². The molecule has 112 valence electrons. The lowest BCUT2D eigenvalue weighted by Gasteiger charge is -2.15. The first-order valence-electron chi connectivity index (χ1n) is 7.10. The van der Waals surface area contributed by atoms with Gasteiger partial charge < -0.3 is 16.0 Å². The summed E-state index contributed by atoms with van der Waals surface area (Å²) in [6.45, 7) is 11.9. The summed E-state index contributed by atoms with van der Waals surface area (Å²) < 4.78 is 0. The first-order valence-corrected chi connectivity index (χ1v) is 7.10. The van der Waals surface area contributed by atoms with E-state index in [-0.39, 0.29) is 17.9 Å². The molecular weight excluding hydrogens is 242 g/mol. The second kappa shape index (κ2) is 9.78. The molecule has 1 atom stereocenters. The molecule has 2 amide bonds. The van der Waals surface area contributed by atoms with Crippen molar-refractivity contribution in [1.29, 1.82) is 0 Å². The van der Waals surface area contributed by atoms with Crippen molar-refractivity contribution in [2.45, 2.75) is 47.1 Å². The molecule has 5 heteroatoms. The second-order valence-corrected chi connectivity index (χ2v) is 5.76. The molecule has 0 rings (SSSR count). The standard InChI is InChI=1S/C14H29N3O2/c1-10(2)8-16-13(18)6-7-15-12(5)14(19)17-9-11(3)4/h10-12,15H,6-9H2,1-5H3,(H,16,18)(H,17,19). The van der Waals surface area contributed by atoms with Crippen LogP contribution in [0, 0.1) is 11.8 Å². The number of amides is 2. The molecule has 0 aliphatic carbocycles. The van der Waals surface area contributed by atoms with E-state index in [0.29, 0.717) is 37.9 Å². The van der Waals surface area contributed by atoms with Gasteiger partial charge in [-0.15, -0.1) is 0 Å². The predicted molar refractivity (Wildman–Crippen MR) is 77.8 cm³/mol. The van der Waals surface area contributed by atoms with Gasteiger partial charge in [0.15, 0.2) is 0 Å². The quantitative estimate of drug-likeness (QED) is 0.583. The third-order valence-corrected chi connectivity index (χ3v) is 2.59. The average Bonchev–Trinajstić information content (AvgIpc) is 2.33. The van der Waals surface area contributed by atoms with E-state index < -0.39 is 0 Å². The fraction of sp³-hybridized carbons (Fsp3) is 0.857. The lowest BCUT2D eigenvalue weighted by atomic mass is 10.2. The maximum atomic E-state index is 11.7. The first-order chi connectivity index (χ1) is 8.82. The van der Waals surface area contributed by atoms with Crippen LogP contribution in [0.15, 0.2) is 0 Å². The van der Waals surface area contributed by atoms with Crippen LogP contribution < -0.4 is 16.0 Å². The van der Waals surface area contributed by atoms with E-state index in [1.54, 1.807) is 0 Å². The van der Waals surface area contributed by atoms with Crippen molar-refractivity contribution in [3.05, 3.63) is 0 Å². The summed E-state index contributed by atoms with van der Waals surface area (Å²) in [6.07, 6.45) is 0.397. The minimum atomic E-state index is -0.267. The van der Waals surface area contributed by atoms with E-state index in [1.807, 2.05) is 6.92 Å². The molecule has 0 radical (unpaired) electrons. The molecule has 0 aliphatic rings. The zero-order chi connectivity index (χ0) is 14.8. The zero-order valence-corrected chi connectivity index (χ0v) is 12.9. The van der Waals surface area contributed by atoms with Gasteiger partial charge in [-0.1, -0.05) is 27.7 Å². The summed E-state index contributed by atoms with van der Waals surface area (Å²) in [5.41, 5.74) is 0. The minimum Gasteiger partial charge on any atom is -0.356 e. The van der Waals surface area contributed by atoms with Crippen LogP contribution in [0.1, 0.15) is 41.0 Å². The maximum absolute atomic E-state index is 11.7. The molecule has 0 saturated carbocycles. The Balaban J connectivity index is 3.69. The fourth-order valence-corrected chi connectivity index (χ4v) is 1.36. The summed E-state index contributed by atoms with van der Waals surface area (Å²) in [4.78, 5) is 23.1. The van der Waals surface area contributed by atoms with Gasteiger partial charge in [-0.25, -0.2) is 0 Å². The molecule has 0 bridgehead atoms. The van der Waals surface area contributed by atoms with E-state index >= 15 is 0 Å². The Morgan fingerprint density at radius 2 is 1.42 bits per heavy atom. The maximum Gasteiger partial charge on any atom is 0.236 e. The van der Waals surface area contributed by atoms with Crippen molar-refractivity contribution < 1.29 is 9.59 Å². The van der Waals surface area contributed by atoms with Crippen molar-refractivity contribution in [2.24, 2.45) is 11.8 Å². The Hall–Kier alpha value is -1.10. The summed E-state index contributed by atoms with van der Waals surface area (Å²) in [6, 6.07) is -0.267. The van der Waals surface area contributed by atoms with Gasteiger partial charge in [0.05, 0.1) is 6.04 Å². The number of nitrogens with one attached hydrogen (secondary N) is 3. The molecule has 19 heavy (non-hydrogen) atoms. The van der Waals surface area contributed by atoms with Crippen molar-refractivity contribution in [1.82, 2.24) is 16.0 Å². The largest absolute Gasteiger partial charge is 0.356 e. The highest BCUT2D eigenvalue weighted by Crippen LogP contribution is 1.91. The number of hydrogen-bond acceptors (Lipinski definition) is 3. The fourth-order valence-electron chi connectivity index (χ4n) is 1.36. The molecule has 0 heterocycles. The summed E-state index contributed by atoms with van der Waals surface area (Å²) >= 11 is 0. The Kier molecular flexibility index (Phi) is 9.21. The number of hydrogen-bond donors (Lipinski definition) is 3. The highest BCUT2D eigenvalue weighted by atomic mass is 16.2. The zero-order valence-electron chi connectivity index (χ0n) is 12.9. The number of rotatable bonds is 9. The Morgan fingerprint density at radius 1 is 0.895 bits per heavy atom. The second-order valence-electron chi connectivity index (χ2n) is 5.76. The van der Waals surface area contributed by atoms with Crippen molar-refractivity contribution in [3.8, 4) is 0 Å². The SMILES string of the molecule is CC(C)CNC(=O)CCNC(C)C(=O)NCC(C)C. The van der Waals surface area contributed by atoms with Gasteiger partial charge in [-0.05, 0) is 18.8 Å². The van der Waals surface area contributed by atoms with Gasteiger partial charge in [-0.3, -0.25) is 9.59 Å². The van der Waals surface area contributed by atoms with Crippen molar-refractivity contribution in [3.63, 3.8) is 0 Å². The molecular formula is C14H29N3O2. The van der Waals surface area contributed by atoms with Crippen LogP contribution >= 0.6 is 0 Å². The van der Waals surface area contributed by atoms with Gasteiger partial charge in [0.1, 0.15) is 0 Å². The van der Waals surface area contributed by atoms with E-state index in [4.69, 9.17) is 0 Å². The summed E-state index contributed by atoms with van der Waals surface area (Å²) in [5.74, 6) is 0.905. The van der Waals surface area contributed by atoms with Crippen LogP contribution in [-0.4, -0.2) is 37.5 Å². The van der Waals surface area contributed by atoms with Crippen molar-refractivity contribution in [2.75, 3.05) is 19.6 Å². The lowest BCUT2D eigenvalue weighted by Crippen LogP contribution is -2.44. The highest BCUT2D eigenvalue weighted by Gasteiger charge is 2.12. The molecule has 0 saturated heterocycles. The average molecular weight is 271 g/mol. The number of carbonyl (C=O) groups is 2. The predicted octanol–water partition coefficient (Wildman–Crippen LogP) is 0.899. The third-order valence-electron chi connectivity index (χ3n) is 2.59. The molecule has 5 nitrogen and oxygen atoms in total. The van der Waals surface area contributed by atoms with Crippen LogP contribution in [0.4, 0.5) is 0 Å². The normalized spacial score (nSPS) is 12.6. The molecule has 0 aromatic heterocycles. The smallest absolute Gasteiger partial charge is 0.236 e. The molecule has 1 unspecified atom stereocenters. The molecule has 0 fully saturated rings. The first kappa shape index (κ1) is 17.9. The highest BCUT2D eigenvalue weighted by molar-refractivity contribution is 5.81. The summed E-state index contributed by atoms with van der Waals surface area (Å²) in [5, 5.41) is 8.76. The van der Waals surface area contributed by atoms with Gasteiger partial charge in [0.25, 0.3) is 0 Å². The Bertz CT molecular complexity index is 278. The van der Waals surface area contributed by atoms with E-state index in [2.05, 4.69) is 43.6 Å². The van der Waals surface area contributed by atoms with Gasteiger partial charge in [0, 0.05) is 26.1 Å². The minimum absolute atomic E-state index is 0.0173. The Labute approximate surface area is 116 Å². The number of carbonyl (C=O) groups excluding carboxylic acids is 2. The third kappa shape index (κ3) is 10.5. The summed E-state index contributed by atoms with van der Waals surface area (Å²) in [7, 11) is 0.